The number of ether oxygens (including phenoxy) is 1. The lowest BCUT2D eigenvalue weighted by molar-refractivity contribution is 0.0769. The van der Waals surface area contributed by atoms with Crippen molar-refractivity contribution in [1.82, 2.24) is 15.3 Å². The highest BCUT2D eigenvalue weighted by Gasteiger charge is 2.17. The van der Waals surface area contributed by atoms with Gasteiger partial charge >= 0.3 is 0 Å². The van der Waals surface area contributed by atoms with Gasteiger partial charge in [0.2, 0.25) is 0 Å². The van der Waals surface area contributed by atoms with E-state index < -0.39 is 5.82 Å². The van der Waals surface area contributed by atoms with Gasteiger partial charge in [-0.3, -0.25) is 0 Å². The summed E-state index contributed by atoms with van der Waals surface area (Å²) in [6.45, 7) is 2.12. The quantitative estimate of drug-likeness (QED) is 0.924. The van der Waals surface area contributed by atoms with Crippen molar-refractivity contribution in [3.63, 3.8) is 0 Å². The highest BCUT2D eigenvalue weighted by Crippen LogP contribution is 2.26. The van der Waals surface area contributed by atoms with E-state index in [0.29, 0.717) is 24.1 Å². The van der Waals surface area contributed by atoms with E-state index in [1.54, 1.807) is 6.07 Å². The Hall–Kier alpha value is -1.56. The molecule has 2 aromatic rings. The maximum atomic E-state index is 12.9. The largest absolute Gasteiger partial charge is 0.378 e. The maximum absolute atomic E-state index is 12.9. The van der Waals surface area contributed by atoms with Crippen LogP contribution in [0.3, 0.4) is 0 Å². The minimum Gasteiger partial charge on any atom is -0.378 e. The summed E-state index contributed by atoms with van der Waals surface area (Å²) >= 11 is 6.15. The van der Waals surface area contributed by atoms with Crippen molar-refractivity contribution in [1.29, 1.82) is 0 Å². The Labute approximate surface area is 121 Å². The minimum absolute atomic E-state index is 0.0987. The monoisotopic (exact) mass is 293 g/mol. The summed E-state index contributed by atoms with van der Waals surface area (Å²) in [6.07, 6.45) is 2.29. The molecule has 0 amide bonds. The second-order valence-corrected chi connectivity index (χ2v) is 5.02. The van der Waals surface area contributed by atoms with Gasteiger partial charge < -0.3 is 10.1 Å². The van der Waals surface area contributed by atoms with E-state index in [1.165, 1.54) is 0 Å². The van der Waals surface area contributed by atoms with Gasteiger partial charge in [0.15, 0.2) is 11.6 Å². The highest BCUT2D eigenvalue weighted by atomic mass is 35.5. The van der Waals surface area contributed by atoms with Gasteiger partial charge in [0.25, 0.3) is 0 Å². The van der Waals surface area contributed by atoms with Gasteiger partial charge in [0.05, 0.1) is 31.6 Å². The number of rotatable bonds is 2. The van der Waals surface area contributed by atoms with Crippen molar-refractivity contribution in [3.05, 3.63) is 47.0 Å². The molecular formula is C14H13ClFN3O. The van der Waals surface area contributed by atoms with Crippen LogP contribution in [-0.4, -0.2) is 29.7 Å². The molecule has 1 fully saturated rings. The van der Waals surface area contributed by atoms with E-state index in [1.807, 2.05) is 12.1 Å². The van der Waals surface area contributed by atoms with Gasteiger partial charge in [-0.05, 0) is 23.8 Å². The van der Waals surface area contributed by atoms with Crippen molar-refractivity contribution < 1.29 is 9.13 Å². The van der Waals surface area contributed by atoms with Crippen molar-refractivity contribution in [3.8, 4) is 11.4 Å². The number of nitrogens with zero attached hydrogens (tertiary/aromatic N) is 2. The van der Waals surface area contributed by atoms with E-state index in [-0.39, 0.29) is 6.04 Å². The fourth-order valence-corrected chi connectivity index (χ4v) is 2.43. The van der Waals surface area contributed by atoms with E-state index in [4.69, 9.17) is 16.3 Å². The Balaban J connectivity index is 1.95. The molecule has 1 aliphatic heterocycles. The predicted octanol–water partition coefficient (Wildman–Crippen LogP) is 2.60. The number of nitrogens with one attached hydrogen (secondary N) is 1. The topological polar surface area (TPSA) is 47.0 Å². The zero-order valence-electron chi connectivity index (χ0n) is 10.6. The van der Waals surface area contributed by atoms with Gasteiger partial charge in [-0.2, -0.15) is 0 Å². The van der Waals surface area contributed by atoms with Crippen LogP contribution < -0.4 is 5.32 Å². The average Bonchev–Trinajstić information content (AvgIpc) is 2.48. The summed E-state index contributed by atoms with van der Waals surface area (Å²) in [7, 11) is 0. The van der Waals surface area contributed by atoms with Gasteiger partial charge in [0, 0.05) is 17.1 Å². The number of halogens is 2. The Kier molecular flexibility index (Phi) is 3.91. The first-order valence-electron chi connectivity index (χ1n) is 6.32. The predicted molar refractivity (Wildman–Crippen MR) is 74.0 cm³/mol. The SMILES string of the molecule is Fc1cnc(-c2cc(Cl)cc(C3COCCN3)c2)nc1. The molecule has 2 heterocycles. The molecule has 0 aliphatic carbocycles. The maximum Gasteiger partial charge on any atom is 0.159 e. The zero-order chi connectivity index (χ0) is 13.9. The minimum atomic E-state index is -0.460. The van der Waals surface area contributed by atoms with Crippen LogP contribution in [0.15, 0.2) is 30.6 Å². The zero-order valence-corrected chi connectivity index (χ0v) is 11.4. The van der Waals surface area contributed by atoms with Crippen LogP contribution in [0.5, 0.6) is 0 Å². The fraction of sp³-hybridized carbons (Fsp3) is 0.286. The summed E-state index contributed by atoms with van der Waals surface area (Å²) in [5, 5.41) is 3.96. The normalized spacial score (nSPS) is 19.0. The average molecular weight is 294 g/mol. The molecule has 1 aliphatic rings. The third-order valence-electron chi connectivity index (χ3n) is 3.12. The third kappa shape index (κ3) is 2.95. The van der Waals surface area contributed by atoms with Crippen LogP contribution in [0.25, 0.3) is 11.4 Å². The van der Waals surface area contributed by atoms with E-state index >= 15 is 0 Å². The molecule has 1 N–H and O–H groups in total. The molecule has 3 rings (SSSR count). The van der Waals surface area contributed by atoms with Crippen LogP contribution in [0.2, 0.25) is 5.02 Å². The standard InChI is InChI=1S/C14H13ClFN3O/c15-11-4-9(13-8-20-2-1-17-13)3-10(5-11)14-18-6-12(16)7-19-14/h3-7,13,17H,1-2,8H2. The summed E-state index contributed by atoms with van der Waals surface area (Å²) in [5.74, 6) is -0.00905. The lowest BCUT2D eigenvalue weighted by Gasteiger charge is -2.24. The van der Waals surface area contributed by atoms with Crippen LogP contribution in [-0.2, 0) is 4.74 Å². The lowest BCUT2D eigenvalue weighted by Crippen LogP contribution is -2.34. The Bertz CT molecular complexity index is 600. The number of hydrogen-bond donors (Lipinski definition) is 1. The number of morpholine rings is 1. The molecule has 1 saturated heterocycles. The molecule has 20 heavy (non-hydrogen) atoms. The summed E-state index contributed by atoms with van der Waals surface area (Å²) < 4.78 is 18.3. The van der Waals surface area contributed by atoms with Gasteiger partial charge in [-0.15, -0.1) is 0 Å². The summed E-state index contributed by atoms with van der Waals surface area (Å²) in [5.41, 5.74) is 1.78. The second kappa shape index (κ2) is 5.83. The molecule has 104 valence electrons. The Morgan fingerprint density at radius 3 is 2.75 bits per heavy atom. The highest BCUT2D eigenvalue weighted by molar-refractivity contribution is 6.30. The second-order valence-electron chi connectivity index (χ2n) is 4.58. The van der Waals surface area contributed by atoms with Crippen LogP contribution in [0.4, 0.5) is 4.39 Å². The number of aromatic nitrogens is 2. The molecule has 0 spiro atoms. The molecular weight excluding hydrogens is 281 g/mol. The first-order chi connectivity index (χ1) is 9.72. The first kappa shape index (κ1) is 13.4. The van der Waals surface area contributed by atoms with E-state index in [2.05, 4.69) is 15.3 Å². The van der Waals surface area contributed by atoms with Crippen molar-refractivity contribution >= 4 is 11.6 Å². The van der Waals surface area contributed by atoms with Crippen molar-refractivity contribution in [2.45, 2.75) is 6.04 Å². The molecule has 6 heteroatoms. The molecule has 0 saturated carbocycles. The van der Waals surface area contributed by atoms with E-state index in [0.717, 1.165) is 30.1 Å². The summed E-state index contributed by atoms with van der Waals surface area (Å²) in [6, 6.07) is 5.70. The molecule has 1 aromatic carbocycles. The molecule has 1 aromatic heterocycles. The van der Waals surface area contributed by atoms with Crippen molar-refractivity contribution in [2.75, 3.05) is 19.8 Å². The van der Waals surface area contributed by atoms with Gasteiger partial charge in [-0.1, -0.05) is 11.6 Å². The van der Waals surface area contributed by atoms with Crippen molar-refractivity contribution in [2.24, 2.45) is 0 Å². The molecule has 4 nitrogen and oxygen atoms in total. The third-order valence-corrected chi connectivity index (χ3v) is 3.34. The molecule has 0 bridgehead atoms. The van der Waals surface area contributed by atoms with Crippen LogP contribution in [0, 0.1) is 5.82 Å². The smallest absolute Gasteiger partial charge is 0.159 e. The van der Waals surface area contributed by atoms with Gasteiger partial charge in [0.1, 0.15) is 0 Å². The summed E-state index contributed by atoms with van der Waals surface area (Å²) in [4.78, 5) is 7.96. The number of hydrogen-bond acceptors (Lipinski definition) is 4. The Morgan fingerprint density at radius 2 is 2.05 bits per heavy atom. The number of benzene rings is 1. The van der Waals surface area contributed by atoms with Crippen LogP contribution in [0.1, 0.15) is 11.6 Å². The van der Waals surface area contributed by atoms with E-state index in [9.17, 15) is 4.39 Å². The molecule has 0 radical (unpaired) electrons. The Morgan fingerprint density at radius 1 is 1.25 bits per heavy atom. The van der Waals surface area contributed by atoms with Gasteiger partial charge in [-0.25, -0.2) is 14.4 Å². The molecule has 1 atom stereocenters. The molecule has 1 unspecified atom stereocenters. The fourth-order valence-electron chi connectivity index (χ4n) is 2.18. The first-order valence-corrected chi connectivity index (χ1v) is 6.70. The lowest BCUT2D eigenvalue weighted by atomic mass is 10.0. The van der Waals surface area contributed by atoms with Crippen LogP contribution >= 0.6 is 11.6 Å².